The highest BCUT2D eigenvalue weighted by Gasteiger charge is 2.22. The summed E-state index contributed by atoms with van der Waals surface area (Å²) < 4.78 is 4.74. The summed E-state index contributed by atoms with van der Waals surface area (Å²) in [6.45, 7) is 7.12. The smallest absolute Gasteiger partial charge is 0.255 e. The van der Waals surface area contributed by atoms with Gasteiger partial charge < -0.3 is 19.4 Å². The average Bonchev–Trinajstić information content (AvgIpc) is 3.52. The van der Waals surface area contributed by atoms with Gasteiger partial charge in [-0.2, -0.15) is 0 Å². The summed E-state index contributed by atoms with van der Waals surface area (Å²) in [5.41, 5.74) is 7.00. The van der Waals surface area contributed by atoms with Crippen LogP contribution in [0.2, 0.25) is 0 Å². The van der Waals surface area contributed by atoms with Crippen molar-refractivity contribution >= 4 is 60.3 Å². The number of pyridine rings is 1. The van der Waals surface area contributed by atoms with Crippen LogP contribution in [0.15, 0.2) is 89.9 Å². The molecule has 1 aliphatic heterocycles. The first kappa shape index (κ1) is 26.1. The molecule has 0 saturated carbocycles. The Morgan fingerprint density at radius 3 is 1.95 bits per heavy atom. The van der Waals surface area contributed by atoms with Gasteiger partial charge in [-0.1, -0.05) is 50.2 Å². The van der Waals surface area contributed by atoms with Gasteiger partial charge in [0.25, 0.3) is 11.5 Å². The normalized spacial score (nSPS) is 13.0. The van der Waals surface area contributed by atoms with Crippen LogP contribution in [0.5, 0.6) is 0 Å². The highest BCUT2D eigenvalue weighted by atomic mass is 16.1. The first-order chi connectivity index (χ1) is 20.6. The first-order valence-electron chi connectivity index (χ1n) is 14.9. The second kappa shape index (κ2) is 10.5. The van der Waals surface area contributed by atoms with Gasteiger partial charge in [0, 0.05) is 80.4 Å². The van der Waals surface area contributed by atoms with Crippen molar-refractivity contribution in [2.75, 3.05) is 6.54 Å². The number of nitrogens with one attached hydrogen (secondary N) is 2. The molecule has 0 atom stereocenters. The molecule has 0 unspecified atom stereocenters. The van der Waals surface area contributed by atoms with Crippen LogP contribution in [-0.4, -0.2) is 26.6 Å². The third kappa shape index (κ3) is 4.01. The van der Waals surface area contributed by atoms with E-state index >= 15 is 0 Å². The molecule has 0 saturated heterocycles. The number of aryl methyl sites for hydroxylation is 2. The number of aromatic amines is 1. The third-order valence-corrected chi connectivity index (χ3v) is 8.53. The van der Waals surface area contributed by atoms with Crippen molar-refractivity contribution in [2.24, 2.45) is 0 Å². The lowest BCUT2D eigenvalue weighted by Crippen LogP contribution is -2.31. The molecule has 0 spiro atoms. The number of fused-ring (bicyclic) bond motifs is 10. The maximum Gasteiger partial charge on any atom is 0.255 e. The Morgan fingerprint density at radius 1 is 0.643 bits per heavy atom. The Bertz CT molecular complexity index is 2200. The second-order valence-corrected chi connectivity index (χ2v) is 11.1. The van der Waals surface area contributed by atoms with Crippen molar-refractivity contribution in [3.63, 3.8) is 0 Å². The molecule has 2 N–H and O–H groups in total. The van der Waals surface area contributed by atoms with E-state index < -0.39 is 0 Å². The molecule has 6 nitrogen and oxygen atoms in total. The Kier molecular flexibility index (Phi) is 6.54. The number of nitrogens with zero attached hydrogens (tertiary/aromatic N) is 2. The van der Waals surface area contributed by atoms with Crippen molar-refractivity contribution in [2.45, 2.75) is 46.2 Å². The van der Waals surface area contributed by atoms with E-state index in [4.69, 9.17) is 0 Å². The Morgan fingerprint density at radius 2 is 1.26 bits per heavy atom. The molecule has 210 valence electrons. The van der Waals surface area contributed by atoms with E-state index in [9.17, 15) is 9.59 Å². The van der Waals surface area contributed by atoms with Gasteiger partial charge in [-0.15, -0.1) is 0 Å². The van der Waals surface area contributed by atoms with Crippen LogP contribution in [0, 0.1) is 0 Å². The Hall–Kier alpha value is -4.84. The third-order valence-electron chi connectivity index (χ3n) is 8.53. The standard InChI is InChI=1S/C18H18N2O.C18H16N2O/c2*1-2-11-20-15-6-4-3-5-14(15)17-12-9-10-19-18(21)13(12)7-8-16(17)20/h3-8H,2,9-11H2,1H3,(H,19,21);3-10H,2,11H2,1H3,(H,19,21). The van der Waals surface area contributed by atoms with Crippen LogP contribution in [0.1, 0.15) is 42.6 Å². The number of carbonyl (C=O) groups excluding carboxylic acids is 1. The summed E-state index contributed by atoms with van der Waals surface area (Å²) >= 11 is 0. The van der Waals surface area contributed by atoms with Gasteiger partial charge in [0.1, 0.15) is 0 Å². The van der Waals surface area contributed by atoms with E-state index in [1.807, 2.05) is 18.2 Å². The maximum absolute atomic E-state index is 12.1. The van der Waals surface area contributed by atoms with E-state index in [2.05, 4.69) is 93.9 Å². The fourth-order valence-electron chi connectivity index (χ4n) is 6.82. The zero-order chi connectivity index (χ0) is 28.8. The van der Waals surface area contributed by atoms with Crippen molar-refractivity contribution in [1.82, 2.24) is 19.4 Å². The molecule has 4 heterocycles. The summed E-state index contributed by atoms with van der Waals surface area (Å²) in [7, 11) is 0. The van der Waals surface area contributed by atoms with E-state index in [0.717, 1.165) is 55.2 Å². The SMILES string of the molecule is CCCn1c2ccccc2c2c3c(ccc21)C(=O)NCC3.CCCn1c2ccccc2c2c3cc[nH]c(=O)c3ccc21. The number of rotatable bonds is 4. The van der Waals surface area contributed by atoms with Crippen molar-refractivity contribution in [3.8, 4) is 0 Å². The van der Waals surface area contributed by atoms with Gasteiger partial charge in [0.2, 0.25) is 0 Å². The largest absolute Gasteiger partial charge is 0.352 e. The predicted molar refractivity (Wildman–Crippen MR) is 174 cm³/mol. The fraction of sp³-hybridized carbons (Fsp3) is 0.222. The number of amides is 1. The van der Waals surface area contributed by atoms with Crippen LogP contribution in [-0.2, 0) is 19.5 Å². The van der Waals surface area contributed by atoms with Gasteiger partial charge in [-0.25, -0.2) is 0 Å². The number of para-hydroxylation sites is 2. The molecule has 7 aromatic rings. The topological polar surface area (TPSA) is 71.8 Å². The second-order valence-electron chi connectivity index (χ2n) is 11.1. The zero-order valence-electron chi connectivity index (χ0n) is 24.0. The number of aromatic nitrogens is 3. The van der Waals surface area contributed by atoms with E-state index in [1.165, 1.54) is 49.2 Å². The van der Waals surface area contributed by atoms with E-state index in [1.54, 1.807) is 6.20 Å². The molecule has 1 aliphatic rings. The van der Waals surface area contributed by atoms with Crippen LogP contribution >= 0.6 is 0 Å². The molecule has 0 fully saturated rings. The summed E-state index contributed by atoms with van der Waals surface area (Å²) in [6, 6.07) is 27.1. The van der Waals surface area contributed by atoms with Crippen molar-refractivity contribution in [1.29, 1.82) is 0 Å². The zero-order valence-corrected chi connectivity index (χ0v) is 24.0. The summed E-state index contributed by atoms with van der Waals surface area (Å²) in [6.07, 6.45) is 4.83. The number of hydrogen-bond acceptors (Lipinski definition) is 2. The van der Waals surface area contributed by atoms with Crippen LogP contribution in [0.25, 0.3) is 54.4 Å². The van der Waals surface area contributed by atoms with Gasteiger partial charge in [0.15, 0.2) is 0 Å². The summed E-state index contributed by atoms with van der Waals surface area (Å²) in [5.74, 6) is 0.0606. The van der Waals surface area contributed by atoms with Crippen molar-refractivity contribution < 1.29 is 4.79 Å². The minimum absolute atomic E-state index is 0.0262. The first-order valence-corrected chi connectivity index (χ1v) is 14.9. The molecule has 42 heavy (non-hydrogen) atoms. The van der Waals surface area contributed by atoms with Crippen molar-refractivity contribution in [3.05, 3.63) is 107 Å². The predicted octanol–water partition coefficient (Wildman–Crippen LogP) is 7.54. The van der Waals surface area contributed by atoms with Crippen LogP contribution < -0.4 is 10.9 Å². The Labute approximate surface area is 243 Å². The minimum Gasteiger partial charge on any atom is -0.352 e. The summed E-state index contributed by atoms with van der Waals surface area (Å²) in [5, 5.41) is 9.66. The maximum atomic E-state index is 12.1. The lowest BCUT2D eigenvalue weighted by atomic mass is 9.95. The molecule has 1 amide bonds. The molecule has 3 aromatic heterocycles. The van der Waals surface area contributed by atoms with Crippen LogP contribution in [0.3, 0.4) is 0 Å². The number of carbonyl (C=O) groups is 1. The molecule has 0 radical (unpaired) electrons. The highest BCUT2D eigenvalue weighted by Crippen LogP contribution is 2.35. The van der Waals surface area contributed by atoms with Gasteiger partial charge >= 0.3 is 0 Å². The lowest BCUT2D eigenvalue weighted by Gasteiger charge is -2.17. The summed E-state index contributed by atoms with van der Waals surface area (Å²) in [4.78, 5) is 26.9. The molecule has 0 aliphatic carbocycles. The molecular formula is C36H34N4O2. The number of hydrogen-bond donors (Lipinski definition) is 2. The van der Waals surface area contributed by atoms with Gasteiger partial charge in [-0.3, -0.25) is 9.59 Å². The number of benzene rings is 4. The molecule has 8 rings (SSSR count). The van der Waals surface area contributed by atoms with Crippen LogP contribution in [0.4, 0.5) is 0 Å². The quantitative estimate of drug-likeness (QED) is 0.236. The minimum atomic E-state index is -0.0262. The highest BCUT2D eigenvalue weighted by molar-refractivity contribution is 6.20. The molecule has 6 heteroatoms. The fourth-order valence-corrected chi connectivity index (χ4v) is 6.82. The monoisotopic (exact) mass is 554 g/mol. The number of H-pyrrole nitrogens is 1. The molecule has 0 bridgehead atoms. The van der Waals surface area contributed by atoms with Gasteiger partial charge in [0.05, 0.1) is 0 Å². The molecule has 4 aromatic carbocycles. The van der Waals surface area contributed by atoms with E-state index in [-0.39, 0.29) is 11.5 Å². The lowest BCUT2D eigenvalue weighted by molar-refractivity contribution is 0.0946. The van der Waals surface area contributed by atoms with Gasteiger partial charge in [-0.05, 0) is 72.7 Å². The van der Waals surface area contributed by atoms with E-state index in [0.29, 0.717) is 0 Å². The Balaban J connectivity index is 0.000000137. The molecular weight excluding hydrogens is 520 g/mol. The average molecular weight is 555 g/mol.